The molecule has 4 saturated carbocycles. The Kier molecular flexibility index (Phi) is 10.5. The summed E-state index contributed by atoms with van der Waals surface area (Å²) in [7, 11) is 2.06. The number of esters is 1. The number of hydrogen-bond acceptors (Lipinski definition) is 6. The number of nitrogens with zero attached hydrogens (tertiary/aromatic N) is 1. The third-order valence-corrected chi connectivity index (χ3v) is 16.2. The van der Waals surface area contributed by atoms with Gasteiger partial charge in [-0.2, -0.15) is 0 Å². The van der Waals surface area contributed by atoms with Crippen molar-refractivity contribution >= 4 is 29.3 Å². The van der Waals surface area contributed by atoms with Crippen LogP contribution in [0.15, 0.2) is 35.4 Å². The fourth-order valence-corrected chi connectivity index (χ4v) is 13.1. The minimum atomic E-state index is -1.15. The standard InChI is InChI=1S/C44H64ClNO6/c1-26(2)37-32(47)22-44(35(48)25-46(9)24-28-10-12-29(45)13-11-28)21-20-42(7)31(38(37)44)14-15-34-41(6)18-17-33(27(3)30(41)16-19-43(34,42)8)52-36(49)23-40(4,5)39(50)51/h10-13,26-27,30-31,33-35,48H,14-25H2,1-9H3,(H,50,51)/t27-,30+,31-,33+,34-,35+,41+,42-,43-,44+/m1/s1. The highest BCUT2D eigenvalue weighted by molar-refractivity contribution is 6.30. The normalized spacial score (nSPS) is 38.0. The summed E-state index contributed by atoms with van der Waals surface area (Å²) in [5.41, 5.74) is 1.94. The number of hydrogen-bond donors (Lipinski definition) is 2. The fourth-order valence-electron chi connectivity index (χ4n) is 12.9. The second-order valence-electron chi connectivity index (χ2n) is 19.5. The van der Waals surface area contributed by atoms with Crippen LogP contribution in [0, 0.1) is 56.7 Å². The Morgan fingerprint density at radius 2 is 1.67 bits per heavy atom. The van der Waals surface area contributed by atoms with Gasteiger partial charge in [0.25, 0.3) is 0 Å². The third-order valence-electron chi connectivity index (χ3n) is 15.9. The smallest absolute Gasteiger partial charge is 0.309 e. The Balaban J connectivity index is 1.25. The number of carboxylic acid groups (broad SMARTS) is 1. The van der Waals surface area contributed by atoms with Crippen LogP contribution in [0.1, 0.15) is 125 Å². The lowest BCUT2D eigenvalue weighted by Crippen LogP contribution is -2.65. The molecular weight excluding hydrogens is 674 g/mol. The number of carbonyl (C=O) groups excluding carboxylic acids is 2. The van der Waals surface area contributed by atoms with Gasteiger partial charge in [0, 0.05) is 29.9 Å². The van der Waals surface area contributed by atoms with Crippen molar-refractivity contribution in [2.45, 2.75) is 138 Å². The van der Waals surface area contributed by atoms with E-state index in [4.69, 9.17) is 16.3 Å². The summed E-state index contributed by atoms with van der Waals surface area (Å²) < 4.78 is 6.07. The Hall–Kier alpha value is -2.22. The van der Waals surface area contributed by atoms with Gasteiger partial charge in [-0.15, -0.1) is 0 Å². The number of aliphatic hydroxyl groups excluding tert-OH is 1. The molecular formula is C44H64ClNO6. The summed E-state index contributed by atoms with van der Waals surface area (Å²) in [5, 5.41) is 22.6. The molecule has 0 unspecified atom stereocenters. The zero-order valence-corrected chi connectivity index (χ0v) is 33.9. The van der Waals surface area contributed by atoms with Crippen molar-refractivity contribution in [3.05, 3.63) is 46.0 Å². The molecule has 0 heterocycles. The van der Waals surface area contributed by atoms with Crippen LogP contribution in [0.5, 0.6) is 0 Å². The highest BCUT2D eigenvalue weighted by atomic mass is 35.5. The average molecular weight is 738 g/mol. The molecule has 0 radical (unpaired) electrons. The largest absolute Gasteiger partial charge is 0.481 e. The molecule has 1 aromatic rings. The molecule has 4 fully saturated rings. The first-order valence-electron chi connectivity index (χ1n) is 20.0. The number of fused-ring (bicyclic) bond motifs is 7. The monoisotopic (exact) mass is 737 g/mol. The summed E-state index contributed by atoms with van der Waals surface area (Å²) in [5.74, 6) is 0.346. The highest BCUT2D eigenvalue weighted by Gasteiger charge is 2.69. The number of carboxylic acids is 1. The molecule has 10 atom stereocenters. The van der Waals surface area contributed by atoms with E-state index in [1.54, 1.807) is 13.8 Å². The lowest BCUT2D eigenvalue weighted by Gasteiger charge is -2.71. The number of ether oxygens (including phenoxy) is 1. The maximum atomic E-state index is 14.1. The van der Waals surface area contributed by atoms with Crippen molar-refractivity contribution in [1.82, 2.24) is 4.90 Å². The Morgan fingerprint density at radius 3 is 2.31 bits per heavy atom. The van der Waals surface area contributed by atoms with Gasteiger partial charge in [-0.3, -0.25) is 19.3 Å². The quantitative estimate of drug-likeness (QED) is 0.231. The summed E-state index contributed by atoms with van der Waals surface area (Å²) in [6.07, 6.45) is 7.38. The van der Waals surface area contributed by atoms with Crippen molar-refractivity contribution < 1.29 is 29.3 Å². The van der Waals surface area contributed by atoms with E-state index in [0.717, 1.165) is 62.5 Å². The van der Waals surface area contributed by atoms with Gasteiger partial charge in [-0.05, 0) is 141 Å². The number of halogens is 1. The van der Waals surface area contributed by atoms with Crippen LogP contribution in [0.4, 0.5) is 0 Å². The minimum Gasteiger partial charge on any atom is -0.481 e. The van der Waals surface area contributed by atoms with Crippen LogP contribution in [-0.2, 0) is 25.7 Å². The molecule has 288 valence electrons. The zero-order chi connectivity index (χ0) is 38.2. The van der Waals surface area contributed by atoms with Crippen molar-refractivity contribution in [2.24, 2.45) is 56.7 Å². The number of ketones is 1. The first kappa shape index (κ1) is 39.5. The molecule has 5 aliphatic rings. The first-order chi connectivity index (χ1) is 24.2. The molecule has 0 aliphatic heterocycles. The number of Topliss-reactive ketones (excluding diaryl/α,β-unsaturated/α-hetero) is 1. The predicted molar refractivity (Wildman–Crippen MR) is 205 cm³/mol. The van der Waals surface area contributed by atoms with Crippen LogP contribution in [0.3, 0.4) is 0 Å². The van der Waals surface area contributed by atoms with E-state index in [9.17, 15) is 24.6 Å². The molecule has 5 aliphatic carbocycles. The topological polar surface area (TPSA) is 104 Å². The highest BCUT2D eigenvalue weighted by Crippen LogP contribution is 2.76. The minimum absolute atomic E-state index is 0.00259. The molecule has 0 spiro atoms. The molecule has 0 bridgehead atoms. The molecule has 0 amide bonds. The van der Waals surface area contributed by atoms with Gasteiger partial charge in [-0.1, -0.05) is 70.8 Å². The summed E-state index contributed by atoms with van der Waals surface area (Å²) in [6.45, 7) is 18.5. The van der Waals surface area contributed by atoms with E-state index >= 15 is 0 Å². The Bertz CT molecular complexity index is 1600. The van der Waals surface area contributed by atoms with E-state index < -0.39 is 28.9 Å². The maximum absolute atomic E-state index is 14.1. The van der Waals surface area contributed by atoms with Crippen molar-refractivity contribution in [3.63, 3.8) is 0 Å². The van der Waals surface area contributed by atoms with Gasteiger partial charge in [-0.25, -0.2) is 0 Å². The van der Waals surface area contributed by atoms with Gasteiger partial charge >= 0.3 is 11.9 Å². The number of benzene rings is 1. The molecule has 6 rings (SSSR count). The molecule has 52 heavy (non-hydrogen) atoms. The number of rotatable bonds is 10. The predicted octanol–water partition coefficient (Wildman–Crippen LogP) is 9.14. The number of aliphatic carboxylic acids is 1. The van der Waals surface area contributed by atoms with E-state index in [1.165, 1.54) is 5.57 Å². The zero-order valence-electron chi connectivity index (χ0n) is 33.2. The van der Waals surface area contributed by atoms with Gasteiger partial charge < -0.3 is 14.9 Å². The maximum Gasteiger partial charge on any atom is 0.309 e. The Morgan fingerprint density at radius 1 is 1.00 bits per heavy atom. The van der Waals surface area contributed by atoms with Crippen LogP contribution in [0.25, 0.3) is 0 Å². The molecule has 2 N–H and O–H groups in total. The van der Waals surface area contributed by atoms with Gasteiger partial charge in [0.05, 0.1) is 17.9 Å². The summed E-state index contributed by atoms with van der Waals surface area (Å²) in [4.78, 5) is 40.9. The molecule has 8 heteroatoms. The summed E-state index contributed by atoms with van der Waals surface area (Å²) in [6, 6.07) is 7.89. The number of aliphatic hydroxyl groups is 1. The van der Waals surface area contributed by atoms with Crippen LogP contribution < -0.4 is 0 Å². The van der Waals surface area contributed by atoms with Crippen LogP contribution in [0.2, 0.25) is 5.02 Å². The van der Waals surface area contributed by atoms with Crippen molar-refractivity contribution in [1.29, 1.82) is 0 Å². The van der Waals surface area contributed by atoms with E-state index in [2.05, 4.69) is 53.5 Å². The summed E-state index contributed by atoms with van der Waals surface area (Å²) >= 11 is 6.14. The van der Waals surface area contributed by atoms with E-state index in [0.29, 0.717) is 36.4 Å². The number of carbonyl (C=O) groups is 3. The second-order valence-corrected chi connectivity index (χ2v) is 20.0. The van der Waals surface area contributed by atoms with Crippen molar-refractivity contribution in [3.8, 4) is 0 Å². The number of likely N-dealkylation sites (N-methyl/N-ethyl adjacent to an activating group) is 1. The van der Waals surface area contributed by atoms with Crippen LogP contribution >= 0.6 is 11.6 Å². The molecule has 7 nitrogen and oxygen atoms in total. The number of allylic oxidation sites excluding steroid dienone is 1. The van der Waals surface area contributed by atoms with Gasteiger partial charge in [0.2, 0.25) is 0 Å². The SMILES string of the molecule is CC(C)C1=C2[C@H]3CC[C@@H]4[C@@]5(C)CC[C@H](OC(=O)CC(C)(C)C(=O)O)[C@H](C)[C@@H]5CC[C@@]4(C)[C@]3(C)CC[C@@]2([C@@H](O)CN(C)Cc2ccc(Cl)cc2)CC1=O. The average Bonchev–Trinajstić information content (AvgIpc) is 3.37. The lowest BCUT2D eigenvalue weighted by atomic mass is 9.34. The molecule has 1 aromatic carbocycles. The van der Waals surface area contributed by atoms with E-state index in [-0.39, 0.29) is 52.3 Å². The lowest BCUT2D eigenvalue weighted by molar-refractivity contribution is -0.218. The van der Waals surface area contributed by atoms with Crippen molar-refractivity contribution in [2.75, 3.05) is 13.6 Å². The van der Waals surface area contributed by atoms with Gasteiger partial charge in [0.15, 0.2) is 5.78 Å². The van der Waals surface area contributed by atoms with E-state index in [1.807, 2.05) is 24.3 Å². The Labute approximate surface area is 317 Å². The first-order valence-corrected chi connectivity index (χ1v) is 20.4. The third kappa shape index (κ3) is 6.30. The van der Waals surface area contributed by atoms with Crippen LogP contribution in [-0.4, -0.2) is 58.6 Å². The van der Waals surface area contributed by atoms with Gasteiger partial charge in [0.1, 0.15) is 6.10 Å². The fraction of sp³-hybridized carbons (Fsp3) is 0.750. The second kappa shape index (κ2) is 13.8. The molecule has 0 aromatic heterocycles. The molecule has 0 saturated heterocycles.